The zero-order chi connectivity index (χ0) is 29.7. The highest BCUT2D eigenvalue weighted by molar-refractivity contribution is 7.99. The van der Waals surface area contributed by atoms with Crippen molar-refractivity contribution in [3.05, 3.63) is 59.5 Å². The van der Waals surface area contributed by atoms with Crippen molar-refractivity contribution in [3.63, 3.8) is 0 Å². The van der Waals surface area contributed by atoms with Crippen LogP contribution in [0.25, 0.3) is 10.9 Å². The molecule has 6 nitrogen and oxygen atoms in total. The van der Waals surface area contributed by atoms with Crippen LogP contribution in [0.5, 0.6) is 5.75 Å². The fourth-order valence-electron chi connectivity index (χ4n) is 5.60. The van der Waals surface area contributed by atoms with Crippen molar-refractivity contribution >= 4 is 34.3 Å². The predicted octanol–water partition coefficient (Wildman–Crippen LogP) is 6.87. The number of ether oxygens (including phenoxy) is 1. The zero-order valence-electron chi connectivity index (χ0n) is 23.4. The van der Waals surface area contributed by atoms with Gasteiger partial charge in [-0.05, 0) is 62.4 Å². The first-order valence-electron chi connectivity index (χ1n) is 13.5. The maximum atomic E-state index is 16.1. The molecule has 3 aromatic rings. The number of pyridine rings is 1. The molecule has 0 saturated carbocycles. The quantitative estimate of drug-likeness (QED) is 0.182. The molecule has 0 aliphatic carbocycles. The molecular formula is C30H35F4N3O3S. The van der Waals surface area contributed by atoms with Crippen LogP contribution in [0, 0.1) is 22.9 Å². The minimum absolute atomic E-state index is 0.0558. The fourth-order valence-corrected chi connectivity index (χ4v) is 6.55. The first-order chi connectivity index (χ1) is 19.5. The molecule has 222 valence electrons. The lowest BCUT2D eigenvalue weighted by Gasteiger charge is -2.41. The number of piperidine rings is 1. The molecular weight excluding hydrogens is 558 g/mol. The van der Waals surface area contributed by atoms with Crippen LogP contribution < -0.4 is 9.64 Å². The van der Waals surface area contributed by atoms with Gasteiger partial charge >= 0.3 is 5.97 Å². The van der Waals surface area contributed by atoms with E-state index in [1.54, 1.807) is 31.5 Å². The third-order valence-corrected chi connectivity index (χ3v) is 8.94. The van der Waals surface area contributed by atoms with Gasteiger partial charge in [0.2, 0.25) is 0 Å². The summed E-state index contributed by atoms with van der Waals surface area (Å²) in [6.07, 6.45) is 1.96. The van der Waals surface area contributed by atoms with E-state index >= 15 is 4.39 Å². The van der Waals surface area contributed by atoms with Crippen molar-refractivity contribution in [3.8, 4) is 5.75 Å². The maximum absolute atomic E-state index is 16.1. The fraction of sp³-hybridized carbons (Fsp3) is 0.467. The number of aliphatic carboxylic acids is 1. The standard InChI is InChI=1S/C30H35F4N3O3S/c1-36(2)26-18-35-25-5-4-20(40-3)16-21(25)28(26)22(32)6-7-30(17-27(38)39)8-10-37(11-9-30)12-13-41-29-23(33)14-19(31)15-24(29)34/h4-5,14-16,18,22H,6-13,17H2,1-3H3,(H,38,39). The van der Waals surface area contributed by atoms with E-state index in [0.29, 0.717) is 84.7 Å². The van der Waals surface area contributed by atoms with Crippen LogP contribution in [0.15, 0.2) is 41.4 Å². The van der Waals surface area contributed by atoms with E-state index in [9.17, 15) is 23.1 Å². The number of aromatic nitrogens is 1. The third-order valence-electron chi connectivity index (χ3n) is 7.88. The molecule has 2 heterocycles. The van der Waals surface area contributed by atoms with Gasteiger partial charge in [-0.15, -0.1) is 11.8 Å². The molecule has 0 bridgehead atoms. The monoisotopic (exact) mass is 593 g/mol. The van der Waals surface area contributed by atoms with E-state index in [1.165, 1.54) is 0 Å². The molecule has 0 spiro atoms. The van der Waals surface area contributed by atoms with Crippen LogP contribution in [0.3, 0.4) is 0 Å². The Labute approximate surface area is 241 Å². The molecule has 1 fully saturated rings. The summed E-state index contributed by atoms with van der Waals surface area (Å²) in [7, 11) is 5.22. The van der Waals surface area contributed by atoms with Gasteiger partial charge in [0, 0.05) is 49.5 Å². The lowest BCUT2D eigenvalue weighted by Crippen LogP contribution is -2.42. The second kappa shape index (κ2) is 13.3. The minimum Gasteiger partial charge on any atom is -0.497 e. The molecule has 1 aromatic heterocycles. The summed E-state index contributed by atoms with van der Waals surface area (Å²) in [5.74, 6) is -2.73. The Morgan fingerprint density at radius 3 is 2.46 bits per heavy atom. The molecule has 1 saturated heterocycles. The molecule has 0 radical (unpaired) electrons. The number of benzene rings is 2. The average molecular weight is 594 g/mol. The Balaban J connectivity index is 1.43. The van der Waals surface area contributed by atoms with Gasteiger partial charge in [-0.2, -0.15) is 0 Å². The van der Waals surface area contributed by atoms with Crippen molar-refractivity contribution in [2.45, 2.75) is 43.2 Å². The average Bonchev–Trinajstić information content (AvgIpc) is 2.92. The molecule has 1 N–H and O–H groups in total. The molecule has 11 heteroatoms. The van der Waals surface area contributed by atoms with Crippen LogP contribution >= 0.6 is 11.8 Å². The number of likely N-dealkylation sites (tertiary alicyclic amines) is 1. The van der Waals surface area contributed by atoms with Gasteiger partial charge in [-0.25, -0.2) is 17.6 Å². The van der Waals surface area contributed by atoms with E-state index in [1.807, 2.05) is 19.0 Å². The van der Waals surface area contributed by atoms with Crippen LogP contribution in [0.2, 0.25) is 0 Å². The number of hydrogen-bond acceptors (Lipinski definition) is 6. The smallest absolute Gasteiger partial charge is 0.303 e. The second-order valence-electron chi connectivity index (χ2n) is 10.8. The highest BCUT2D eigenvalue weighted by Gasteiger charge is 2.37. The van der Waals surface area contributed by atoms with Gasteiger partial charge in [0.05, 0.1) is 35.8 Å². The van der Waals surface area contributed by atoms with E-state index < -0.39 is 35.0 Å². The normalized spacial score (nSPS) is 16.1. The molecule has 2 aromatic carbocycles. The highest BCUT2D eigenvalue weighted by atomic mass is 32.2. The molecule has 0 amide bonds. The number of fused-ring (bicyclic) bond motifs is 1. The lowest BCUT2D eigenvalue weighted by atomic mass is 9.71. The van der Waals surface area contributed by atoms with Crippen LogP contribution in [0.4, 0.5) is 23.2 Å². The maximum Gasteiger partial charge on any atom is 0.303 e. The minimum atomic E-state index is -1.34. The van der Waals surface area contributed by atoms with Gasteiger partial charge in [0.25, 0.3) is 0 Å². The number of anilines is 1. The molecule has 1 unspecified atom stereocenters. The molecule has 1 aliphatic rings. The molecule has 1 aliphatic heterocycles. The van der Waals surface area contributed by atoms with Crippen molar-refractivity contribution in [2.24, 2.45) is 5.41 Å². The molecule has 4 rings (SSSR count). The number of methoxy groups -OCH3 is 1. The number of carboxylic acids is 1. The Kier molecular flexibility index (Phi) is 10.0. The Morgan fingerprint density at radius 1 is 1.17 bits per heavy atom. The van der Waals surface area contributed by atoms with Crippen molar-refractivity contribution in [2.75, 3.05) is 51.5 Å². The van der Waals surface area contributed by atoms with Gasteiger partial charge in [0.15, 0.2) is 0 Å². The number of carboxylic acid groups (broad SMARTS) is 1. The topological polar surface area (TPSA) is 65.9 Å². The number of halogens is 4. The number of alkyl halides is 1. The predicted molar refractivity (Wildman–Crippen MR) is 153 cm³/mol. The number of thioether (sulfide) groups is 1. The zero-order valence-corrected chi connectivity index (χ0v) is 24.2. The van der Waals surface area contributed by atoms with E-state index in [0.717, 1.165) is 11.8 Å². The van der Waals surface area contributed by atoms with E-state index in [-0.39, 0.29) is 17.7 Å². The Morgan fingerprint density at radius 2 is 1.85 bits per heavy atom. The number of rotatable bonds is 12. The highest BCUT2D eigenvalue weighted by Crippen LogP contribution is 2.44. The van der Waals surface area contributed by atoms with E-state index in [4.69, 9.17) is 4.74 Å². The summed E-state index contributed by atoms with van der Waals surface area (Å²) in [4.78, 5) is 20.0. The summed E-state index contributed by atoms with van der Waals surface area (Å²) >= 11 is 0.985. The summed E-state index contributed by atoms with van der Waals surface area (Å²) in [6.45, 7) is 1.72. The van der Waals surface area contributed by atoms with Gasteiger partial charge in [-0.3, -0.25) is 9.78 Å². The number of nitrogens with zero attached hydrogens (tertiary/aromatic N) is 3. The van der Waals surface area contributed by atoms with Gasteiger partial charge in [0.1, 0.15) is 29.4 Å². The van der Waals surface area contributed by atoms with Gasteiger partial charge in [-0.1, -0.05) is 0 Å². The van der Waals surface area contributed by atoms with Gasteiger partial charge < -0.3 is 19.6 Å². The number of carbonyl (C=O) groups is 1. The Bertz CT molecular complexity index is 1360. The molecule has 1 atom stereocenters. The van der Waals surface area contributed by atoms with Crippen LogP contribution in [0.1, 0.15) is 43.8 Å². The number of hydrogen-bond donors (Lipinski definition) is 1. The van der Waals surface area contributed by atoms with Crippen molar-refractivity contribution < 1.29 is 32.2 Å². The largest absolute Gasteiger partial charge is 0.497 e. The SMILES string of the molecule is COc1ccc2ncc(N(C)C)c(C(F)CCC3(CC(=O)O)CCN(CCSc4c(F)cc(F)cc4F)CC3)c2c1. The summed E-state index contributed by atoms with van der Waals surface area (Å²) < 4.78 is 62.6. The summed E-state index contributed by atoms with van der Waals surface area (Å²) in [5.41, 5.74) is 1.26. The summed E-state index contributed by atoms with van der Waals surface area (Å²) in [5, 5.41) is 10.4. The van der Waals surface area contributed by atoms with Crippen molar-refractivity contribution in [1.82, 2.24) is 9.88 Å². The Hall–Kier alpha value is -3.05. The van der Waals surface area contributed by atoms with Crippen LogP contribution in [-0.4, -0.2) is 67.6 Å². The lowest BCUT2D eigenvalue weighted by molar-refractivity contribution is -0.141. The first kappa shape index (κ1) is 30.9. The third kappa shape index (κ3) is 7.43. The second-order valence-corrected chi connectivity index (χ2v) is 11.9. The first-order valence-corrected chi connectivity index (χ1v) is 14.5. The van der Waals surface area contributed by atoms with E-state index in [2.05, 4.69) is 9.88 Å². The molecule has 41 heavy (non-hydrogen) atoms. The van der Waals surface area contributed by atoms with Crippen molar-refractivity contribution in [1.29, 1.82) is 0 Å². The summed E-state index contributed by atoms with van der Waals surface area (Å²) in [6, 6.07) is 6.68. The van der Waals surface area contributed by atoms with Crippen LogP contribution in [-0.2, 0) is 4.79 Å².